The van der Waals surface area contributed by atoms with E-state index in [1.807, 2.05) is 25.1 Å². The third kappa shape index (κ3) is 5.14. The Hall–Kier alpha value is -3.86. The predicted octanol–water partition coefficient (Wildman–Crippen LogP) is 5.13. The van der Waals surface area contributed by atoms with Crippen LogP contribution in [0.25, 0.3) is 6.08 Å². The lowest BCUT2D eigenvalue weighted by atomic mass is 10.1. The number of esters is 1. The molecule has 0 unspecified atom stereocenters. The number of methoxy groups -OCH3 is 2. The van der Waals surface area contributed by atoms with Crippen molar-refractivity contribution in [2.75, 3.05) is 14.2 Å². The minimum absolute atomic E-state index is 0.229. The van der Waals surface area contributed by atoms with Crippen molar-refractivity contribution in [3.63, 3.8) is 0 Å². The van der Waals surface area contributed by atoms with Gasteiger partial charge in [-0.3, -0.25) is 4.79 Å². The van der Waals surface area contributed by atoms with Gasteiger partial charge in [-0.25, -0.2) is 4.79 Å². The van der Waals surface area contributed by atoms with Crippen LogP contribution in [0.2, 0.25) is 0 Å². The van der Waals surface area contributed by atoms with Crippen LogP contribution in [0.15, 0.2) is 72.8 Å². The molecule has 0 radical (unpaired) electrons. The van der Waals surface area contributed by atoms with Crippen molar-refractivity contribution in [3.8, 4) is 17.2 Å². The summed E-state index contributed by atoms with van der Waals surface area (Å²) in [6.45, 7) is 1.95. The fourth-order valence-electron chi connectivity index (χ4n) is 2.81. The van der Waals surface area contributed by atoms with Gasteiger partial charge in [0.1, 0.15) is 17.2 Å². The molecular weight excluding hydrogens is 380 g/mol. The fourth-order valence-corrected chi connectivity index (χ4v) is 2.81. The molecule has 0 aliphatic heterocycles. The molecule has 0 N–H and O–H groups in total. The Morgan fingerprint density at radius 2 is 1.60 bits per heavy atom. The van der Waals surface area contributed by atoms with Gasteiger partial charge in [0.05, 0.1) is 25.3 Å². The van der Waals surface area contributed by atoms with Gasteiger partial charge in [0.25, 0.3) is 0 Å². The second-order valence-electron chi connectivity index (χ2n) is 6.59. The number of allylic oxidation sites excluding steroid dienone is 1. The van der Waals surface area contributed by atoms with Crippen LogP contribution in [0.3, 0.4) is 0 Å². The second kappa shape index (κ2) is 9.56. The van der Waals surface area contributed by atoms with Crippen LogP contribution < -0.4 is 14.2 Å². The number of ether oxygens (including phenoxy) is 3. The van der Waals surface area contributed by atoms with E-state index in [1.54, 1.807) is 54.6 Å². The summed E-state index contributed by atoms with van der Waals surface area (Å²) in [7, 11) is 3.05. The number of ketones is 1. The minimum atomic E-state index is -0.437. The Kier molecular flexibility index (Phi) is 6.65. The lowest BCUT2D eigenvalue weighted by Crippen LogP contribution is -2.08. The highest BCUT2D eigenvalue weighted by atomic mass is 16.5. The molecule has 0 spiro atoms. The summed E-state index contributed by atoms with van der Waals surface area (Å²) in [5, 5.41) is 0. The molecular formula is C25H22O5. The van der Waals surface area contributed by atoms with Gasteiger partial charge in [0.2, 0.25) is 0 Å². The summed E-state index contributed by atoms with van der Waals surface area (Å²) < 4.78 is 15.9. The monoisotopic (exact) mass is 402 g/mol. The molecule has 0 aromatic heterocycles. The quantitative estimate of drug-likeness (QED) is 0.237. The predicted molar refractivity (Wildman–Crippen MR) is 115 cm³/mol. The third-order valence-corrected chi connectivity index (χ3v) is 4.46. The molecule has 3 aromatic carbocycles. The summed E-state index contributed by atoms with van der Waals surface area (Å²) in [6, 6.07) is 19.2. The van der Waals surface area contributed by atoms with Crippen LogP contribution in [0.1, 0.15) is 31.8 Å². The van der Waals surface area contributed by atoms with E-state index in [0.717, 1.165) is 11.1 Å². The molecule has 5 heteroatoms. The van der Waals surface area contributed by atoms with E-state index >= 15 is 0 Å². The lowest BCUT2D eigenvalue weighted by molar-refractivity contribution is 0.0734. The molecule has 0 atom stereocenters. The summed E-state index contributed by atoms with van der Waals surface area (Å²) >= 11 is 0. The van der Waals surface area contributed by atoms with Crippen molar-refractivity contribution < 1.29 is 23.8 Å². The van der Waals surface area contributed by atoms with E-state index < -0.39 is 5.97 Å². The molecule has 3 aromatic rings. The van der Waals surface area contributed by atoms with Crippen LogP contribution in [-0.2, 0) is 0 Å². The van der Waals surface area contributed by atoms with E-state index in [2.05, 4.69) is 0 Å². The first kappa shape index (κ1) is 20.9. The van der Waals surface area contributed by atoms with Gasteiger partial charge in [-0.05, 0) is 61.0 Å². The summed E-state index contributed by atoms with van der Waals surface area (Å²) in [5.74, 6) is 0.763. The van der Waals surface area contributed by atoms with Gasteiger partial charge in [-0.15, -0.1) is 0 Å². The van der Waals surface area contributed by atoms with Crippen molar-refractivity contribution in [2.24, 2.45) is 0 Å². The highest BCUT2D eigenvalue weighted by Gasteiger charge is 2.12. The van der Waals surface area contributed by atoms with E-state index in [0.29, 0.717) is 28.4 Å². The first-order chi connectivity index (χ1) is 14.5. The maximum Gasteiger partial charge on any atom is 0.343 e. The molecule has 0 saturated heterocycles. The molecule has 3 rings (SSSR count). The number of hydrogen-bond acceptors (Lipinski definition) is 5. The Morgan fingerprint density at radius 3 is 2.30 bits per heavy atom. The highest BCUT2D eigenvalue weighted by molar-refractivity contribution is 6.09. The van der Waals surface area contributed by atoms with Crippen molar-refractivity contribution in [2.45, 2.75) is 6.92 Å². The number of hydrogen-bond donors (Lipinski definition) is 0. The molecule has 0 amide bonds. The standard InChI is InChI=1S/C25H22O5/c1-17-7-10-19(11-8-17)25(27)30-21-6-4-5-18(15-21)9-13-23(26)22-16-20(28-2)12-14-24(22)29-3/h4-16H,1-3H3. The number of rotatable bonds is 7. The van der Waals surface area contributed by atoms with Crippen molar-refractivity contribution >= 4 is 17.8 Å². The molecule has 0 aliphatic carbocycles. The van der Waals surface area contributed by atoms with Gasteiger partial charge < -0.3 is 14.2 Å². The van der Waals surface area contributed by atoms with Gasteiger partial charge in [0.15, 0.2) is 5.78 Å². The van der Waals surface area contributed by atoms with E-state index in [-0.39, 0.29) is 5.78 Å². The molecule has 152 valence electrons. The van der Waals surface area contributed by atoms with E-state index in [4.69, 9.17) is 14.2 Å². The number of aryl methyl sites for hydroxylation is 1. The van der Waals surface area contributed by atoms with Crippen molar-refractivity contribution in [3.05, 3.63) is 95.1 Å². The van der Waals surface area contributed by atoms with Gasteiger partial charge in [-0.2, -0.15) is 0 Å². The molecule has 0 heterocycles. The van der Waals surface area contributed by atoms with Crippen LogP contribution in [-0.4, -0.2) is 26.0 Å². The second-order valence-corrected chi connectivity index (χ2v) is 6.59. The molecule has 0 saturated carbocycles. The average molecular weight is 402 g/mol. The molecule has 0 fully saturated rings. The zero-order valence-electron chi connectivity index (χ0n) is 17.0. The largest absolute Gasteiger partial charge is 0.497 e. The number of benzene rings is 3. The fraction of sp³-hybridized carbons (Fsp3) is 0.120. The van der Waals surface area contributed by atoms with Crippen molar-refractivity contribution in [1.29, 1.82) is 0 Å². The maximum atomic E-state index is 12.6. The number of carbonyl (C=O) groups is 2. The Labute approximate surface area is 175 Å². The Morgan fingerprint density at radius 1 is 0.833 bits per heavy atom. The van der Waals surface area contributed by atoms with Gasteiger partial charge in [-0.1, -0.05) is 35.9 Å². The Balaban J connectivity index is 1.75. The molecule has 5 nitrogen and oxygen atoms in total. The SMILES string of the molecule is COc1ccc(OC)c(C(=O)C=Cc2cccc(OC(=O)c3ccc(C)cc3)c2)c1. The summed E-state index contributed by atoms with van der Waals surface area (Å²) in [4.78, 5) is 24.9. The van der Waals surface area contributed by atoms with E-state index in [1.165, 1.54) is 20.3 Å². The zero-order valence-corrected chi connectivity index (χ0v) is 17.0. The molecule has 0 bridgehead atoms. The zero-order chi connectivity index (χ0) is 21.5. The highest BCUT2D eigenvalue weighted by Crippen LogP contribution is 2.25. The Bertz CT molecular complexity index is 1080. The van der Waals surface area contributed by atoms with Crippen molar-refractivity contribution in [1.82, 2.24) is 0 Å². The molecule has 0 aliphatic rings. The third-order valence-electron chi connectivity index (χ3n) is 4.46. The average Bonchev–Trinajstić information content (AvgIpc) is 2.77. The number of carbonyl (C=O) groups excluding carboxylic acids is 2. The lowest BCUT2D eigenvalue weighted by Gasteiger charge is -2.08. The first-order valence-electron chi connectivity index (χ1n) is 9.33. The van der Waals surface area contributed by atoms with E-state index in [9.17, 15) is 9.59 Å². The topological polar surface area (TPSA) is 61.8 Å². The first-order valence-corrected chi connectivity index (χ1v) is 9.33. The van der Waals surface area contributed by atoms with Gasteiger partial charge in [0, 0.05) is 0 Å². The van der Waals surface area contributed by atoms with Crippen LogP contribution >= 0.6 is 0 Å². The van der Waals surface area contributed by atoms with Crippen LogP contribution in [0.4, 0.5) is 0 Å². The van der Waals surface area contributed by atoms with Crippen LogP contribution in [0.5, 0.6) is 17.2 Å². The summed E-state index contributed by atoms with van der Waals surface area (Å²) in [6.07, 6.45) is 3.10. The normalized spacial score (nSPS) is 10.6. The maximum absolute atomic E-state index is 12.6. The summed E-state index contributed by atoms with van der Waals surface area (Å²) in [5.41, 5.74) is 2.66. The molecule has 30 heavy (non-hydrogen) atoms. The minimum Gasteiger partial charge on any atom is -0.497 e. The van der Waals surface area contributed by atoms with Gasteiger partial charge >= 0.3 is 5.97 Å². The van der Waals surface area contributed by atoms with Crippen LogP contribution in [0, 0.1) is 6.92 Å². The smallest absolute Gasteiger partial charge is 0.343 e.